The van der Waals surface area contributed by atoms with Gasteiger partial charge in [-0.1, -0.05) is 32.4 Å². The molecule has 6 rings (SSSR count). The van der Waals surface area contributed by atoms with E-state index in [-0.39, 0.29) is 36.4 Å². The molecule has 0 radical (unpaired) electrons. The van der Waals surface area contributed by atoms with Gasteiger partial charge in [-0.15, -0.1) is 0 Å². The number of hydrogen-bond acceptors (Lipinski definition) is 10. The SMILES string of the molecule is C/C=C(\C)C(=O)O[C@@H]1[C@@H]2OC[C@]3(C)[C@H](OC(C)=O)C[C@H](OC(C)=O)[C@@](C)([C@@H]23)[C@H]2CCO[C@H]3C[C@H](C4=CCOC4=O)C(C)=C3[C@]12C. The molecule has 0 bridgehead atoms. The van der Waals surface area contributed by atoms with Crippen LogP contribution in [0.2, 0.25) is 0 Å². The van der Waals surface area contributed by atoms with Crippen LogP contribution in [0.25, 0.3) is 0 Å². The Bertz CT molecular complexity index is 1410. The molecule has 246 valence electrons. The number of fused-ring (bicyclic) bond motifs is 4. The molecule has 0 unspecified atom stereocenters. The fourth-order valence-electron chi connectivity index (χ4n) is 10.4. The van der Waals surface area contributed by atoms with E-state index in [1.807, 2.05) is 6.08 Å². The summed E-state index contributed by atoms with van der Waals surface area (Å²) in [5, 5.41) is 0. The van der Waals surface area contributed by atoms with E-state index in [1.165, 1.54) is 13.8 Å². The van der Waals surface area contributed by atoms with Gasteiger partial charge < -0.3 is 28.4 Å². The smallest absolute Gasteiger partial charge is 0.334 e. The van der Waals surface area contributed by atoms with Gasteiger partial charge in [-0.05, 0) is 51.2 Å². The van der Waals surface area contributed by atoms with Gasteiger partial charge in [0.25, 0.3) is 0 Å². The van der Waals surface area contributed by atoms with E-state index in [1.54, 1.807) is 19.9 Å². The van der Waals surface area contributed by atoms with Crippen LogP contribution < -0.4 is 0 Å². The van der Waals surface area contributed by atoms with Crippen LogP contribution in [0.1, 0.15) is 74.7 Å². The third-order valence-electron chi connectivity index (χ3n) is 12.3. The van der Waals surface area contributed by atoms with Gasteiger partial charge in [-0.25, -0.2) is 9.59 Å². The van der Waals surface area contributed by atoms with Crippen LogP contribution in [0.3, 0.4) is 0 Å². The summed E-state index contributed by atoms with van der Waals surface area (Å²) < 4.78 is 37.3. The van der Waals surface area contributed by atoms with Gasteiger partial charge >= 0.3 is 23.9 Å². The lowest BCUT2D eigenvalue weighted by Gasteiger charge is -2.66. The van der Waals surface area contributed by atoms with Crippen LogP contribution >= 0.6 is 0 Å². The average Bonchev–Trinajstić information content (AvgIpc) is 3.62. The van der Waals surface area contributed by atoms with Gasteiger partial charge in [0, 0.05) is 66.1 Å². The molecule has 0 aromatic carbocycles. The zero-order chi connectivity index (χ0) is 32.6. The molecular weight excluding hydrogens is 580 g/mol. The predicted octanol–water partition coefficient (Wildman–Crippen LogP) is 4.40. The molecule has 10 nitrogen and oxygen atoms in total. The summed E-state index contributed by atoms with van der Waals surface area (Å²) in [6.07, 6.45) is 2.36. The van der Waals surface area contributed by atoms with E-state index in [4.69, 9.17) is 28.4 Å². The number of rotatable bonds is 5. The van der Waals surface area contributed by atoms with Crippen LogP contribution in [0.4, 0.5) is 0 Å². The number of allylic oxidation sites excluding steroid dienone is 2. The highest BCUT2D eigenvalue weighted by molar-refractivity contribution is 5.92. The Hall–Kier alpha value is -2.98. The summed E-state index contributed by atoms with van der Waals surface area (Å²) in [5.41, 5.74) is 1.06. The molecule has 0 spiro atoms. The van der Waals surface area contributed by atoms with E-state index in [2.05, 4.69) is 27.7 Å². The monoisotopic (exact) mass is 626 g/mol. The van der Waals surface area contributed by atoms with E-state index in [9.17, 15) is 19.2 Å². The van der Waals surface area contributed by atoms with Gasteiger partial charge in [-0.2, -0.15) is 0 Å². The highest BCUT2D eigenvalue weighted by Crippen LogP contribution is 2.72. The van der Waals surface area contributed by atoms with Crippen molar-refractivity contribution >= 4 is 23.9 Å². The number of ether oxygens (including phenoxy) is 6. The van der Waals surface area contributed by atoms with Gasteiger partial charge in [-0.3, -0.25) is 9.59 Å². The lowest BCUT2D eigenvalue weighted by atomic mass is 9.39. The number of cyclic esters (lactones) is 1. The number of carbonyl (C=O) groups is 4. The molecule has 0 amide bonds. The molecule has 45 heavy (non-hydrogen) atoms. The van der Waals surface area contributed by atoms with Crippen molar-refractivity contribution < 1.29 is 47.6 Å². The largest absolute Gasteiger partial charge is 0.462 e. The second kappa shape index (κ2) is 11.1. The van der Waals surface area contributed by atoms with Gasteiger partial charge in [0.2, 0.25) is 0 Å². The molecule has 10 heteroatoms. The summed E-state index contributed by atoms with van der Waals surface area (Å²) in [7, 11) is 0. The Kier molecular flexibility index (Phi) is 7.87. The van der Waals surface area contributed by atoms with Gasteiger partial charge in [0.15, 0.2) is 0 Å². The molecular formula is C35H46O10. The first-order valence-corrected chi connectivity index (χ1v) is 16.2. The summed E-state index contributed by atoms with van der Waals surface area (Å²) in [4.78, 5) is 51.4. The summed E-state index contributed by atoms with van der Waals surface area (Å²) in [5.74, 6) is -2.21. The third kappa shape index (κ3) is 4.56. The Morgan fingerprint density at radius 2 is 1.67 bits per heavy atom. The fourth-order valence-corrected chi connectivity index (χ4v) is 10.4. The average molecular weight is 627 g/mol. The topological polar surface area (TPSA) is 124 Å². The fraction of sp³-hybridized carbons (Fsp3) is 0.714. The highest BCUT2D eigenvalue weighted by Gasteiger charge is 2.77. The molecule has 2 saturated carbocycles. The highest BCUT2D eigenvalue weighted by atomic mass is 16.6. The van der Waals surface area contributed by atoms with Crippen LogP contribution in [0.5, 0.6) is 0 Å². The summed E-state index contributed by atoms with van der Waals surface area (Å²) >= 11 is 0. The van der Waals surface area contributed by atoms with Crippen LogP contribution in [-0.4, -0.2) is 74.2 Å². The van der Waals surface area contributed by atoms with Crippen molar-refractivity contribution in [3.8, 4) is 0 Å². The van der Waals surface area contributed by atoms with E-state index in [0.29, 0.717) is 43.6 Å². The molecule has 11 atom stereocenters. The Labute approximate surface area is 264 Å². The Balaban J connectivity index is 1.58. The molecule has 3 aliphatic carbocycles. The van der Waals surface area contributed by atoms with E-state index in [0.717, 1.165) is 11.1 Å². The predicted molar refractivity (Wildman–Crippen MR) is 160 cm³/mol. The Morgan fingerprint density at radius 3 is 2.29 bits per heavy atom. The van der Waals surface area contributed by atoms with Crippen molar-refractivity contribution in [3.63, 3.8) is 0 Å². The van der Waals surface area contributed by atoms with Crippen molar-refractivity contribution in [2.75, 3.05) is 19.8 Å². The molecule has 0 aromatic rings. The molecule has 3 heterocycles. The molecule has 3 aliphatic heterocycles. The minimum absolute atomic E-state index is 0.183. The second-order valence-corrected chi connectivity index (χ2v) is 14.5. The Morgan fingerprint density at radius 1 is 0.978 bits per heavy atom. The normalized spacial score (nSPS) is 43.8. The van der Waals surface area contributed by atoms with Gasteiger partial charge in [0.1, 0.15) is 24.9 Å². The lowest BCUT2D eigenvalue weighted by Crippen LogP contribution is -2.72. The first kappa shape index (κ1) is 32.0. The maximum absolute atomic E-state index is 13.6. The maximum atomic E-state index is 13.6. The molecule has 6 aliphatic rings. The molecule has 2 saturated heterocycles. The van der Waals surface area contributed by atoms with Crippen molar-refractivity contribution in [1.82, 2.24) is 0 Å². The minimum atomic E-state index is -0.805. The van der Waals surface area contributed by atoms with Crippen molar-refractivity contribution in [3.05, 3.63) is 34.4 Å². The van der Waals surface area contributed by atoms with Crippen LogP contribution in [0.15, 0.2) is 34.4 Å². The minimum Gasteiger partial charge on any atom is -0.462 e. The van der Waals surface area contributed by atoms with E-state index < -0.39 is 58.6 Å². The zero-order valence-corrected chi connectivity index (χ0v) is 27.6. The lowest BCUT2D eigenvalue weighted by molar-refractivity contribution is -0.258. The number of esters is 4. The first-order valence-electron chi connectivity index (χ1n) is 16.2. The molecule has 0 aromatic heterocycles. The number of carbonyl (C=O) groups excluding carboxylic acids is 4. The second-order valence-electron chi connectivity index (χ2n) is 14.5. The van der Waals surface area contributed by atoms with Crippen molar-refractivity contribution in [1.29, 1.82) is 0 Å². The molecule has 4 fully saturated rings. The third-order valence-corrected chi connectivity index (χ3v) is 12.3. The summed E-state index contributed by atoms with van der Waals surface area (Å²) in [6.45, 7) is 15.8. The van der Waals surface area contributed by atoms with Crippen LogP contribution in [-0.2, 0) is 47.6 Å². The van der Waals surface area contributed by atoms with Crippen molar-refractivity contribution in [2.24, 2.45) is 34.0 Å². The van der Waals surface area contributed by atoms with Crippen LogP contribution in [0, 0.1) is 34.0 Å². The van der Waals surface area contributed by atoms with Crippen molar-refractivity contribution in [2.45, 2.75) is 105 Å². The van der Waals surface area contributed by atoms with E-state index >= 15 is 0 Å². The number of hydrogen-bond donors (Lipinski definition) is 0. The summed E-state index contributed by atoms with van der Waals surface area (Å²) in [6, 6.07) is 0. The zero-order valence-electron chi connectivity index (χ0n) is 27.6. The first-order chi connectivity index (χ1) is 21.2. The maximum Gasteiger partial charge on any atom is 0.334 e. The standard InChI is InChI=1S/C35H46O10/c1-9-17(2)31(38)45-30-28-29-33(6,16-42-28)25(43-19(4)36)15-26(44-20(5)37)34(29,7)24-11-13-40-23-14-22(21-10-12-41-32(21)39)18(3)27(23)35(24,30)8/h9-10,22-26,28-30H,11-16H2,1-8H3/b17-9+/t22-,23-,24+,25+,26-,28+,29-,30+,33+,34-,35+/m0/s1. The molecule has 0 N–H and O–H groups in total. The van der Waals surface area contributed by atoms with Gasteiger partial charge in [0.05, 0.1) is 18.8 Å². The quantitative estimate of drug-likeness (QED) is 0.188.